The number of carbonyl (C=O) groups is 6. The molecule has 2 aromatic carbocycles. The Kier molecular flexibility index (Phi) is 13.9. The summed E-state index contributed by atoms with van der Waals surface area (Å²) in [7, 11) is 0. The maximum absolute atomic E-state index is 14.0. The SMILES string of the molecule is NC(=O)c1coc(-c2ccnc(N(CC(F)(F)F)c3cn(-c4ccc(CNCC5CN(CCOCCNc6cccc7c6C(=O)N(C6CCC(=O)NC6=O)C7=O)CCO5)cc4)nc3C(N)=O)c2)n1. The highest BCUT2D eigenvalue weighted by atomic mass is 19.4. The zero-order valence-corrected chi connectivity index (χ0v) is 36.2. The summed E-state index contributed by atoms with van der Waals surface area (Å²) < 4.78 is 60.5. The Morgan fingerprint density at radius 2 is 1.82 bits per heavy atom. The molecule has 0 bridgehead atoms. The number of anilines is 3. The van der Waals surface area contributed by atoms with Crippen molar-refractivity contribution < 1.29 is 55.8 Å². The Labute approximate surface area is 384 Å². The standard InChI is InChI=1S/C44H45F3N12O9/c45-44(46,47)24-57(34-18-26(10-11-52-34)41-53-31(23-68-41)38(48)61)33-22-58(55-37(33)39(49)62)27-6-4-25(5-7-27)19-50-20-28-21-56(14-17-67-28)13-16-66-15-12-51-30-3-1-2-29-36(30)43(65)59(42(29)64)32-8-9-35(60)54-40(32)63/h1-7,10-11,18,22-23,28,32,50-51H,8-9,12-17,19-21,24H2,(H2,48,61)(H2,49,62)(H,54,60,63). The van der Waals surface area contributed by atoms with Gasteiger partial charge in [-0.1, -0.05) is 18.2 Å². The van der Waals surface area contributed by atoms with Gasteiger partial charge in [0.05, 0.1) is 54.6 Å². The molecule has 356 valence electrons. The fraction of sp³-hybridized carbons (Fsp3) is 0.341. The van der Waals surface area contributed by atoms with E-state index in [4.69, 9.17) is 25.4 Å². The van der Waals surface area contributed by atoms with E-state index in [1.165, 1.54) is 35.3 Å². The van der Waals surface area contributed by atoms with Gasteiger partial charge in [-0.15, -0.1) is 0 Å². The molecule has 2 unspecified atom stereocenters. The number of carbonyl (C=O) groups excluding carboxylic acids is 6. The van der Waals surface area contributed by atoms with Gasteiger partial charge in [0.25, 0.3) is 23.6 Å². The number of hydrogen-bond acceptors (Lipinski definition) is 16. The number of pyridine rings is 1. The van der Waals surface area contributed by atoms with Crippen LogP contribution in [0.5, 0.6) is 0 Å². The molecular weight excluding hydrogens is 898 g/mol. The number of morpholine rings is 1. The number of aromatic nitrogens is 4. The van der Waals surface area contributed by atoms with E-state index >= 15 is 0 Å². The number of nitrogens with one attached hydrogen (secondary N) is 3. The van der Waals surface area contributed by atoms with Crippen LogP contribution in [0, 0.1) is 0 Å². The van der Waals surface area contributed by atoms with Crippen molar-refractivity contribution in [2.24, 2.45) is 11.5 Å². The number of oxazole rings is 1. The lowest BCUT2D eigenvalue weighted by Gasteiger charge is -2.33. The van der Waals surface area contributed by atoms with Gasteiger partial charge in [0.1, 0.15) is 24.7 Å². The van der Waals surface area contributed by atoms with E-state index in [9.17, 15) is 41.9 Å². The lowest BCUT2D eigenvalue weighted by Crippen LogP contribution is -2.54. The molecule has 3 aliphatic heterocycles. The number of imide groups is 2. The molecule has 2 fully saturated rings. The molecule has 6 amide bonds. The molecule has 6 heterocycles. The van der Waals surface area contributed by atoms with Gasteiger partial charge in [-0.2, -0.15) is 18.3 Å². The van der Waals surface area contributed by atoms with Gasteiger partial charge in [-0.3, -0.25) is 43.9 Å². The van der Waals surface area contributed by atoms with Crippen LogP contribution in [-0.2, 0) is 25.6 Å². The summed E-state index contributed by atoms with van der Waals surface area (Å²) in [6, 6.07) is 13.5. The summed E-state index contributed by atoms with van der Waals surface area (Å²) in [5.41, 5.74) is 12.3. The van der Waals surface area contributed by atoms with Crippen molar-refractivity contribution in [3.63, 3.8) is 0 Å². The zero-order valence-electron chi connectivity index (χ0n) is 36.2. The third-order valence-electron chi connectivity index (χ3n) is 11.3. The van der Waals surface area contributed by atoms with Crippen molar-refractivity contribution >= 4 is 52.6 Å². The fourth-order valence-corrected chi connectivity index (χ4v) is 8.02. The van der Waals surface area contributed by atoms with E-state index in [1.807, 2.05) is 12.1 Å². The number of amides is 6. The Balaban J connectivity index is 0.804. The van der Waals surface area contributed by atoms with E-state index in [1.54, 1.807) is 24.3 Å². The van der Waals surface area contributed by atoms with Crippen molar-refractivity contribution in [2.45, 2.75) is 37.7 Å². The van der Waals surface area contributed by atoms with E-state index in [2.05, 4.69) is 35.9 Å². The van der Waals surface area contributed by atoms with Crippen LogP contribution in [0.3, 0.4) is 0 Å². The molecule has 2 saturated heterocycles. The zero-order chi connectivity index (χ0) is 48.1. The number of alkyl halides is 3. The number of nitrogens with two attached hydrogens (primary N) is 2. The lowest BCUT2D eigenvalue weighted by molar-refractivity contribution is -0.136. The Morgan fingerprint density at radius 1 is 1.01 bits per heavy atom. The van der Waals surface area contributed by atoms with Crippen LogP contribution in [0.1, 0.15) is 60.1 Å². The van der Waals surface area contributed by atoms with Crippen LogP contribution in [-0.4, -0.2) is 142 Å². The predicted octanol–water partition coefficient (Wildman–Crippen LogP) is 2.14. The van der Waals surface area contributed by atoms with Gasteiger partial charge in [0.2, 0.25) is 17.7 Å². The average molecular weight is 943 g/mol. The van der Waals surface area contributed by atoms with Crippen LogP contribution in [0.2, 0.25) is 0 Å². The number of ether oxygens (including phenoxy) is 2. The molecule has 0 aliphatic carbocycles. The second-order valence-corrected chi connectivity index (χ2v) is 16.0. The first-order valence-electron chi connectivity index (χ1n) is 21.4. The summed E-state index contributed by atoms with van der Waals surface area (Å²) in [5.74, 6) is -4.53. The molecule has 3 aromatic heterocycles. The van der Waals surface area contributed by atoms with Gasteiger partial charge in [0, 0.05) is 63.1 Å². The minimum Gasteiger partial charge on any atom is -0.444 e. The third-order valence-corrected chi connectivity index (χ3v) is 11.3. The third kappa shape index (κ3) is 10.7. The molecule has 0 saturated carbocycles. The molecule has 3 aliphatic rings. The number of benzene rings is 2. The van der Waals surface area contributed by atoms with Crippen LogP contribution < -0.4 is 32.3 Å². The smallest absolute Gasteiger partial charge is 0.406 e. The number of halogens is 3. The summed E-state index contributed by atoms with van der Waals surface area (Å²) in [6.45, 7) is 3.14. The van der Waals surface area contributed by atoms with Gasteiger partial charge >= 0.3 is 6.18 Å². The maximum Gasteiger partial charge on any atom is 0.406 e. The van der Waals surface area contributed by atoms with Crippen LogP contribution in [0.15, 0.2) is 77.7 Å². The summed E-state index contributed by atoms with van der Waals surface area (Å²) in [4.78, 5) is 86.6. The fourth-order valence-electron chi connectivity index (χ4n) is 8.02. The Morgan fingerprint density at radius 3 is 2.56 bits per heavy atom. The molecule has 2 atom stereocenters. The first kappa shape index (κ1) is 47.0. The first-order chi connectivity index (χ1) is 32.6. The van der Waals surface area contributed by atoms with E-state index < -0.39 is 59.9 Å². The molecule has 8 rings (SSSR count). The molecule has 24 heteroatoms. The predicted molar refractivity (Wildman–Crippen MR) is 234 cm³/mol. The molecule has 5 aromatic rings. The first-order valence-corrected chi connectivity index (χ1v) is 21.4. The van der Waals surface area contributed by atoms with Gasteiger partial charge in [-0.25, -0.2) is 14.6 Å². The van der Waals surface area contributed by atoms with Crippen molar-refractivity contribution in [1.29, 1.82) is 0 Å². The largest absolute Gasteiger partial charge is 0.444 e. The maximum atomic E-state index is 14.0. The highest BCUT2D eigenvalue weighted by Crippen LogP contribution is 2.35. The van der Waals surface area contributed by atoms with Crippen LogP contribution >= 0.6 is 0 Å². The van der Waals surface area contributed by atoms with Gasteiger partial charge in [-0.05, 0) is 48.4 Å². The Bertz CT molecular complexity index is 2730. The van der Waals surface area contributed by atoms with Crippen LogP contribution in [0.25, 0.3) is 17.1 Å². The second-order valence-electron chi connectivity index (χ2n) is 16.0. The lowest BCUT2D eigenvalue weighted by atomic mass is 10.0. The normalized spacial score (nSPS) is 17.6. The topological polar surface area (TPSA) is 275 Å². The second kappa shape index (κ2) is 20.1. The van der Waals surface area contributed by atoms with E-state index in [0.717, 1.165) is 28.2 Å². The number of primary amides is 2. The van der Waals surface area contributed by atoms with Crippen LogP contribution in [0.4, 0.5) is 30.4 Å². The molecule has 68 heavy (non-hydrogen) atoms. The van der Waals surface area contributed by atoms with Crippen molar-refractivity contribution in [3.8, 4) is 17.1 Å². The summed E-state index contributed by atoms with van der Waals surface area (Å²) >= 11 is 0. The van der Waals surface area contributed by atoms with E-state index in [0.29, 0.717) is 63.9 Å². The monoisotopic (exact) mass is 942 g/mol. The number of hydrogen-bond donors (Lipinski definition) is 5. The van der Waals surface area contributed by atoms with E-state index in [-0.39, 0.29) is 58.7 Å². The number of fused-ring (bicyclic) bond motifs is 1. The molecule has 0 spiro atoms. The summed E-state index contributed by atoms with van der Waals surface area (Å²) in [6.07, 6.45) is -1.26. The number of piperidine rings is 1. The molecule has 21 nitrogen and oxygen atoms in total. The van der Waals surface area contributed by atoms with Gasteiger partial charge in [0.15, 0.2) is 11.4 Å². The van der Waals surface area contributed by atoms with Gasteiger partial charge < -0.3 is 40.9 Å². The number of nitrogens with zero attached hydrogens (tertiary/aromatic N) is 7. The van der Waals surface area contributed by atoms with Crippen molar-refractivity contribution in [1.82, 2.24) is 40.2 Å². The van der Waals surface area contributed by atoms with Crippen molar-refractivity contribution in [2.75, 3.05) is 69.3 Å². The van der Waals surface area contributed by atoms with Crippen molar-refractivity contribution in [3.05, 3.63) is 101 Å². The highest BCUT2D eigenvalue weighted by molar-refractivity contribution is 6.25. The molecular formula is C44H45F3N12O9. The minimum absolute atomic E-state index is 0.0347. The average Bonchev–Trinajstić information content (AvgIpc) is 4.05. The molecule has 7 N–H and O–H groups in total. The Hall–Kier alpha value is -7.54. The quantitative estimate of drug-likeness (QED) is 0.0586. The molecule has 0 radical (unpaired) electrons. The highest BCUT2D eigenvalue weighted by Gasteiger charge is 2.45. The summed E-state index contributed by atoms with van der Waals surface area (Å²) in [5, 5.41) is 13.0. The minimum atomic E-state index is -4.75. The number of rotatable bonds is 19.